The Morgan fingerprint density at radius 3 is 1.32 bits per heavy atom. The first-order valence-electron chi connectivity index (χ1n) is 23.4. The fourth-order valence-corrected chi connectivity index (χ4v) is 10.1. The van der Waals surface area contributed by atoms with Crippen molar-refractivity contribution in [1.29, 1.82) is 0 Å². The monoisotopic (exact) mass is 1030 g/mol. The maximum absolute atomic E-state index is 13.3. The van der Waals surface area contributed by atoms with Gasteiger partial charge in [0.1, 0.15) is 5.75 Å². The van der Waals surface area contributed by atoms with Crippen LogP contribution in [-0.2, 0) is 19.2 Å². The summed E-state index contributed by atoms with van der Waals surface area (Å²) in [7, 11) is 1.63. The molecule has 0 aliphatic carbocycles. The Morgan fingerprint density at radius 1 is 0.541 bits per heavy atom. The smallest absolute Gasteiger partial charge is 0.303 e. The Labute approximate surface area is 438 Å². The predicted molar refractivity (Wildman–Crippen MR) is 291 cm³/mol. The van der Waals surface area contributed by atoms with Crippen LogP contribution in [0.4, 0.5) is 0 Å². The van der Waals surface area contributed by atoms with E-state index >= 15 is 0 Å². The Kier molecular flexibility index (Phi) is 18.0. The number of hydrogen-bond donors (Lipinski definition) is 2. The van der Waals surface area contributed by atoms with Crippen molar-refractivity contribution in [3.8, 4) is 39.6 Å². The number of para-hydroxylation sites is 2. The quantitative estimate of drug-likeness (QED) is 0.0895. The van der Waals surface area contributed by atoms with E-state index in [1.165, 1.54) is 10.0 Å². The summed E-state index contributed by atoms with van der Waals surface area (Å²) in [5.74, 6) is -1.47. The molecule has 6 heterocycles. The third-order valence-corrected chi connectivity index (χ3v) is 14.0. The molecule has 2 aliphatic heterocycles. The lowest BCUT2D eigenvalue weighted by Crippen LogP contribution is -2.27. The van der Waals surface area contributed by atoms with E-state index in [0.29, 0.717) is 12.8 Å². The number of methoxy groups -OCH3 is 1. The van der Waals surface area contributed by atoms with Gasteiger partial charge in [0, 0.05) is 73.2 Å². The zero-order chi connectivity index (χ0) is 50.0. The van der Waals surface area contributed by atoms with Crippen molar-refractivity contribution in [1.82, 2.24) is 29.6 Å². The van der Waals surface area contributed by atoms with Crippen molar-refractivity contribution in [2.24, 2.45) is 10.2 Å². The van der Waals surface area contributed by atoms with Gasteiger partial charge in [0.15, 0.2) is 0 Å². The number of aromatic nitrogens is 4. The molecule has 2 amide bonds. The fourth-order valence-electron chi connectivity index (χ4n) is 8.64. The van der Waals surface area contributed by atoms with Gasteiger partial charge < -0.3 is 14.9 Å². The number of carboxylic acid groups (broad SMARTS) is 2. The number of thiophene rings is 2. The molecule has 0 spiro atoms. The summed E-state index contributed by atoms with van der Waals surface area (Å²) in [4.78, 5) is 50.6. The summed E-state index contributed by atoms with van der Waals surface area (Å²) in [5, 5.41) is 44.4. The standard InChI is InChI=1S/C28H26N4O4S.C27H24N4O3S.2CH4/c1-36-21-14-12-19(13-15-21)28-22(18-31(30-28)20-7-3-2-4-8-20)24-17-23(25-9-6-16-37-25)29-32(24)26(33)10-5-11-27(34)35;32-25(14-7-15-26(33)34)31-23(17-22(28-31)24-13-8-16-35-24)21-18-30(20-11-5-2-6-12-20)29-27(21)19-9-3-1-4-10-19;;/h2-4,6-9,12-16,18,24H,5,10-11,17H2,1H3,(H,34,35);1-6,8-13,16,18,23H,7,14-15,17H2,(H,33,34);2*1H4. The number of amides is 2. The molecule has 2 atom stereocenters. The van der Waals surface area contributed by atoms with Crippen LogP contribution in [0, 0.1) is 0 Å². The van der Waals surface area contributed by atoms with Gasteiger partial charge in [-0.1, -0.05) is 93.7 Å². The first kappa shape index (κ1) is 53.5. The maximum Gasteiger partial charge on any atom is 0.303 e. The average molecular weight is 1030 g/mol. The van der Waals surface area contributed by atoms with Crippen molar-refractivity contribution < 1.29 is 34.1 Å². The van der Waals surface area contributed by atoms with E-state index in [1.54, 1.807) is 29.8 Å². The van der Waals surface area contributed by atoms with Crippen LogP contribution in [0.5, 0.6) is 5.75 Å². The topological polar surface area (TPSA) is 185 Å². The summed E-state index contributed by atoms with van der Waals surface area (Å²) < 4.78 is 9.00. The minimum Gasteiger partial charge on any atom is -0.497 e. The lowest BCUT2D eigenvalue weighted by molar-refractivity contribution is -0.139. The number of hydrogen-bond acceptors (Lipinski definition) is 11. The van der Waals surface area contributed by atoms with Crippen molar-refractivity contribution >= 4 is 57.8 Å². The van der Waals surface area contributed by atoms with E-state index in [0.717, 1.165) is 71.9 Å². The van der Waals surface area contributed by atoms with Crippen LogP contribution in [0.15, 0.2) is 173 Å². The molecule has 8 aromatic rings. The molecule has 17 heteroatoms. The molecule has 0 saturated heterocycles. The van der Waals surface area contributed by atoms with Crippen LogP contribution in [-0.4, -0.2) is 82.1 Å². The summed E-state index contributed by atoms with van der Waals surface area (Å²) in [5.41, 5.74) is 8.69. The van der Waals surface area contributed by atoms with Crippen LogP contribution >= 0.6 is 22.7 Å². The highest BCUT2D eigenvalue weighted by Gasteiger charge is 2.38. The molecule has 2 N–H and O–H groups in total. The molecule has 2 aliphatic rings. The first-order valence-corrected chi connectivity index (χ1v) is 25.2. The van der Waals surface area contributed by atoms with Gasteiger partial charge in [-0.3, -0.25) is 19.2 Å². The Balaban J connectivity index is 0.000000211. The lowest BCUT2D eigenvalue weighted by atomic mass is 9.98. The number of nitrogens with zero attached hydrogens (tertiary/aromatic N) is 8. The number of carbonyl (C=O) groups excluding carboxylic acids is 2. The van der Waals surface area contributed by atoms with Crippen LogP contribution in [0.3, 0.4) is 0 Å². The minimum absolute atomic E-state index is 0. The van der Waals surface area contributed by atoms with E-state index in [-0.39, 0.29) is 77.3 Å². The third kappa shape index (κ3) is 12.5. The van der Waals surface area contributed by atoms with Crippen LogP contribution in [0.25, 0.3) is 33.9 Å². The molecular formula is C57H58N8O7S2. The highest BCUT2D eigenvalue weighted by molar-refractivity contribution is 7.12. The number of ether oxygens (including phenoxy) is 1. The Hall–Kier alpha value is -8.28. The first-order chi connectivity index (χ1) is 35.1. The van der Waals surface area contributed by atoms with Crippen molar-refractivity contribution in [2.75, 3.05) is 7.11 Å². The van der Waals surface area contributed by atoms with Crippen molar-refractivity contribution in [3.05, 3.63) is 184 Å². The average Bonchev–Trinajstić information content (AvgIpc) is 4.27. The number of carbonyl (C=O) groups is 4. The largest absolute Gasteiger partial charge is 0.497 e. The highest BCUT2D eigenvalue weighted by Crippen LogP contribution is 2.41. The Bertz CT molecular complexity index is 3190. The van der Waals surface area contributed by atoms with Crippen LogP contribution < -0.4 is 4.74 Å². The second kappa shape index (κ2) is 24.9. The summed E-state index contributed by atoms with van der Waals surface area (Å²) >= 11 is 3.17. The van der Waals surface area contributed by atoms with E-state index in [2.05, 4.69) is 0 Å². The number of hydrazone groups is 2. The molecular weight excluding hydrogens is 973 g/mol. The zero-order valence-corrected chi connectivity index (χ0v) is 40.9. The van der Waals surface area contributed by atoms with E-state index in [1.807, 2.05) is 172 Å². The number of aliphatic carboxylic acids is 2. The van der Waals surface area contributed by atoms with Gasteiger partial charge in [-0.15, -0.1) is 22.7 Å². The highest BCUT2D eigenvalue weighted by atomic mass is 32.1. The zero-order valence-electron chi connectivity index (χ0n) is 39.2. The minimum atomic E-state index is -0.917. The molecule has 0 saturated carbocycles. The van der Waals surface area contributed by atoms with Gasteiger partial charge in [-0.05, 0) is 84.3 Å². The SMILES string of the molecule is C.C.COc1ccc(-c2nn(-c3ccccc3)cc2C2CC(c3cccs3)=NN2C(=O)CCCC(=O)O)cc1.O=C(O)CCCC(=O)N1N=C(c2cccs2)CC1c1cn(-c2ccccc2)nc1-c1ccccc1. The number of carboxylic acids is 2. The predicted octanol–water partition coefficient (Wildman–Crippen LogP) is 12.3. The second-order valence-corrected chi connectivity index (χ2v) is 18.9. The van der Waals surface area contributed by atoms with Gasteiger partial charge >= 0.3 is 11.9 Å². The molecule has 15 nitrogen and oxygen atoms in total. The van der Waals surface area contributed by atoms with Crippen LogP contribution in [0.2, 0.25) is 0 Å². The summed E-state index contributed by atoms with van der Waals surface area (Å²) in [6.07, 6.45) is 5.69. The molecule has 2 unspecified atom stereocenters. The molecule has 0 radical (unpaired) electrons. The maximum atomic E-state index is 13.3. The molecule has 10 rings (SSSR count). The molecule has 0 fully saturated rings. The van der Waals surface area contributed by atoms with E-state index in [4.69, 9.17) is 35.4 Å². The lowest BCUT2D eigenvalue weighted by Gasteiger charge is -2.22. The summed E-state index contributed by atoms with van der Waals surface area (Å²) in [6, 6.07) is 44.5. The van der Waals surface area contributed by atoms with Gasteiger partial charge in [0.25, 0.3) is 0 Å². The molecule has 4 aromatic carbocycles. The van der Waals surface area contributed by atoms with Gasteiger partial charge in [0.2, 0.25) is 11.8 Å². The third-order valence-electron chi connectivity index (χ3n) is 12.2. The Morgan fingerprint density at radius 2 is 0.946 bits per heavy atom. The van der Waals surface area contributed by atoms with Crippen molar-refractivity contribution in [3.63, 3.8) is 0 Å². The van der Waals surface area contributed by atoms with E-state index in [9.17, 15) is 19.2 Å². The second-order valence-electron chi connectivity index (χ2n) is 17.0. The summed E-state index contributed by atoms with van der Waals surface area (Å²) in [6.45, 7) is 0. The molecule has 0 bridgehead atoms. The molecule has 74 heavy (non-hydrogen) atoms. The van der Waals surface area contributed by atoms with Gasteiger partial charge in [-0.25, -0.2) is 19.4 Å². The molecule has 380 valence electrons. The van der Waals surface area contributed by atoms with Crippen molar-refractivity contribution in [2.45, 2.75) is 78.3 Å². The normalized spacial score (nSPS) is 14.7. The van der Waals surface area contributed by atoms with E-state index < -0.39 is 11.9 Å². The van der Waals surface area contributed by atoms with Gasteiger partial charge in [0.05, 0.1) is 63.1 Å². The van der Waals surface area contributed by atoms with Crippen LogP contribution in [0.1, 0.15) is 99.2 Å². The fraction of sp³-hybridized carbons (Fsp3) is 0.228. The molecule has 4 aromatic heterocycles. The number of rotatable bonds is 17. The number of benzene rings is 4. The van der Waals surface area contributed by atoms with Gasteiger partial charge in [-0.2, -0.15) is 20.4 Å².